The van der Waals surface area contributed by atoms with E-state index < -0.39 is 0 Å². The van der Waals surface area contributed by atoms with Gasteiger partial charge in [-0.05, 0) is 39.4 Å². The van der Waals surface area contributed by atoms with Crippen LogP contribution in [0.4, 0.5) is 0 Å². The molecule has 0 bridgehead atoms. The van der Waals surface area contributed by atoms with E-state index in [-0.39, 0.29) is 11.6 Å². The van der Waals surface area contributed by atoms with Crippen LogP contribution in [0.3, 0.4) is 0 Å². The Morgan fingerprint density at radius 2 is 2.00 bits per heavy atom. The van der Waals surface area contributed by atoms with Crippen LogP contribution >= 0.6 is 0 Å². The third kappa shape index (κ3) is 3.82. The number of benzene rings is 1. The molecule has 0 aliphatic rings. The van der Waals surface area contributed by atoms with Gasteiger partial charge in [0.2, 0.25) is 0 Å². The lowest BCUT2D eigenvalue weighted by Crippen LogP contribution is -2.30. The maximum Gasteiger partial charge on any atom is 0.134 e. The highest BCUT2D eigenvalue weighted by molar-refractivity contribution is 5.77. The fraction of sp³-hybridized carbons (Fsp3) is 0.500. The maximum atomic E-state index is 5.91. The zero-order valence-electron chi connectivity index (χ0n) is 12.2. The Kier molecular flexibility index (Phi) is 4.27. The molecule has 1 unspecified atom stereocenters. The number of ether oxygens (including phenoxy) is 1. The molecule has 1 aromatic carbocycles. The van der Waals surface area contributed by atoms with Crippen molar-refractivity contribution in [3.05, 3.63) is 36.1 Å². The molecule has 0 aliphatic heterocycles. The van der Waals surface area contributed by atoms with E-state index in [4.69, 9.17) is 9.15 Å². The van der Waals surface area contributed by atoms with E-state index in [2.05, 4.69) is 45.1 Å². The van der Waals surface area contributed by atoms with Crippen LogP contribution in [0.1, 0.15) is 39.5 Å². The van der Waals surface area contributed by atoms with Gasteiger partial charge < -0.3 is 14.5 Å². The summed E-state index contributed by atoms with van der Waals surface area (Å²) >= 11 is 0. The smallest absolute Gasteiger partial charge is 0.134 e. The number of para-hydroxylation sites is 1. The van der Waals surface area contributed by atoms with Crippen LogP contribution in [0.15, 0.2) is 34.7 Å². The van der Waals surface area contributed by atoms with Crippen LogP contribution in [-0.4, -0.2) is 18.8 Å². The number of hydrogen-bond donors (Lipinski definition) is 1. The van der Waals surface area contributed by atoms with Crippen molar-refractivity contribution >= 4 is 11.0 Å². The number of furan rings is 1. The topological polar surface area (TPSA) is 34.4 Å². The van der Waals surface area contributed by atoms with Gasteiger partial charge in [0.25, 0.3) is 0 Å². The minimum Gasteiger partial charge on any atom is -0.459 e. The summed E-state index contributed by atoms with van der Waals surface area (Å²) in [6.07, 6.45) is 0. The van der Waals surface area contributed by atoms with Crippen LogP contribution in [0.25, 0.3) is 11.0 Å². The molecule has 0 fully saturated rings. The first kappa shape index (κ1) is 14.1. The van der Waals surface area contributed by atoms with Crippen molar-refractivity contribution in [1.29, 1.82) is 0 Å². The monoisotopic (exact) mass is 261 g/mol. The van der Waals surface area contributed by atoms with Crippen molar-refractivity contribution in [2.24, 2.45) is 0 Å². The van der Waals surface area contributed by atoms with Gasteiger partial charge in [0.05, 0.1) is 18.2 Å². The molecule has 1 atom stereocenters. The highest BCUT2D eigenvalue weighted by atomic mass is 16.5. The van der Waals surface area contributed by atoms with Crippen LogP contribution in [0.5, 0.6) is 0 Å². The number of hydrogen-bond acceptors (Lipinski definition) is 3. The number of rotatable bonds is 5. The first-order valence-electron chi connectivity index (χ1n) is 6.85. The van der Waals surface area contributed by atoms with Gasteiger partial charge >= 0.3 is 0 Å². The Bertz CT molecular complexity index is 492. The minimum absolute atomic E-state index is 0.0941. The molecule has 0 spiro atoms. The van der Waals surface area contributed by atoms with E-state index in [1.54, 1.807) is 0 Å². The van der Waals surface area contributed by atoms with E-state index in [1.165, 1.54) is 0 Å². The van der Waals surface area contributed by atoms with Gasteiger partial charge in [-0.3, -0.25) is 0 Å². The molecule has 1 N–H and O–H groups in total. The average molecular weight is 261 g/mol. The summed E-state index contributed by atoms with van der Waals surface area (Å²) in [5, 5.41) is 4.55. The second kappa shape index (κ2) is 5.76. The minimum atomic E-state index is -0.139. The molecule has 0 aliphatic carbocycles. The molecule has 0 radical (unpaired) electrons. The van der Waals surface area contributed by atoms with Crippen molar-refractivity contribution < 1.29 is 9.15 Å². The predicted octanol–water partition coefficient (Wildman–Crippen LogP) is 3.90. The molecule has 1 aromatic heterocycles. The molecule has 0 amide bonds. The zero-order valence-corrected chi connectivity index (χ0v) is 12.2. The fourth-order valence-electron chi connectivity index (χ4n) is 2.00. The molecule has 3 heteroatoms. The summed E-state index contributed by atoms with van der Waals surface area (Å²) in [6, 6.07) is 10.3. The Balaban J connectivity index is 2.17. The molecule has 2 rings (SSSR count). The third-order valence-electron chi connectivity index (χ3n) is 2.92. The highest BCUT2D eigenvalue weighted by Gasteiger charge is 2.19. The Morgan fingerprint density at radius 1 is 1.26 bits per heavy atom. The van der Waals surface area contributed by atoms with Crippen molar-refractivity contribution in [2.45, 2.75) is 39.3 Å². The molecular weight excluding hydrogens is 238 g/mol. The molecule has 3 nitrogen and oxygen atoms in total. The van der Waals surface area contributed by atoms with E-state index in [0.717, 1.165) is 23.3 Å². The largest absolute Gasteiger partial charge is 0.459 e. The van der Waals surface area contributed by atoms with Gasteiger partial charge in [-0.1, -0.05) is 25.1 Å². The van der Waals surface area contributed by atoms with Crippen LogP contribution < -0.4 is 5.32 Å². The van der Waals surface area contributed by atoms with Crippen molar-refractivity contribution in [3.8, 4) is 0 Å². The number of fused-ring (bicyclic) bond motifs is 1. The van der Waals surface area contributed by atoms with Crippen molar-refractivity contribution in [1.82, 2.24) is 5.32 Å². The van der Waals surface area contributed by atoms with Gasteiger partial charge in [0.1, 0.15) is 11.3 Å². The Hall–Kier alpha value is -1.32. The molecule has 0 saturated carbocycles. The quantitative estimate of drug-likeness (QED) is 0.886. The number of nitrogens with one attached hydrogen (secondary N) is 1. The summed E-state index contributed by atoms with van der Waals surface area (Å²) in [4.78, 5) is 0. The van der Waals surface area contributed by atoms with E-state index in [1.807, 2.05) is 18.2 Å². The molecule has 104 valence electrons. The summed E-state index contributed by atoms with van der Waals surface area (Å²) in [5.41, 5.74) is 0.788. The summed E-state index contributed by atoms with van der Waals surface area (Å²) in [7, 11) is 0. The number of likely N-dealkylation sites (N-methyl/N-ethyl adjacent to an activating group) is 1. The summed E-state index contributed by atoms with van der Waals surface area (Å²) in [5.74, 6) is 0.937. The lowest BCUT2D eigenvalue weighted by Gasteiger charge is -2.23. The summed E-state index contributed by atoms with van der Waals surface area (Å²) in [6.45, 7) is 9.77. The predicted molar refractivity (Wildman–Crippen MR) is 78.3 cm³/mol. The summed E-state index contributed by atoms with van der Waals surface area (Å²) < 4.78 is 11.8. The van der Waals surface area contributed by atoms with E-state index in [9.17, 15) is 0 Å². The van der Waals surface area contributed by atoms with Gasteiger partial charge in [-0.15, -0.1) is 0 Å². The second-order valence-electron chi connectivity index (χ2n) is 5.72. The van der Waals surface area contributed by atoms with Crippen LogP contribution in [0.2, 0.25) is 0 Å². The van der Waals surface area contributed by atoms with Gasteiger partial charge in [0.15, 0.2) is 0 Å². The average Bonchev–Trinajstić information content (AvgIpc) is 2.76. The van der Waals surface area contributed by atoms with Gasteiger partial charge in [-0.2, -0.15) is 0 Å². The van der Waals surface area contributed by atoms with E-state index >= 15 is 0 Å². The lowest BCUT2D eigenvalue weighted by molar-refractivity contribution is -0.0168. The van der Waals surface area contributed by atoms with Crippen molar-refractivity contribution in [3.63, 3.8) is 0 Å². The molecule has 0 saturated heterocycles. The first-order chi connectivity index (χ1) is 8.99. The lowest BCUT2D eigenvalue weighted by atomic mass is 10.1. The molecular formula is C16H23NO2. The fourth-order valence-corrected chi connectivity index (χ4v) is 2.00. The second-order valence-corrected chi connectivity index (χ2v) is 5.72. The standard InChI is InChI=1S/C16H23NO2/c1-5-17-13(11-18-16(2,3)4)15-10-12-8-6-7-9-14(12)19-15/h6-10,13,17H,5,11H2,1-4H3. The zero-order chi connectivity index (χ0) is 13.9. The van der Waals surface area contributed by atoms with Gasteiger partial charge in [-0.25, -0.2) is 0 Å². The third-order valence-corrected chi connectivity index (χ3v) is 2.92. The Labute approximate surface area is 114 Å². The highest BCUT2D eigenvalue weighted by Crippen LogP contribution is 2.25. The van der Waals surface area contributed by atoms with Crippen LogP contribution in [0, 0.1) is 0 Å². The maximum absolute atomic E-state index is 5.91. The molecule has 1 heterocycles. The molecule has 19 heavy (non-hydrogen) atoms. The normalized spacial score (nSPS) is 13.9. The van der Waals surface area contributed by atoms with Gasteiger partial charge in [0, 0.05) is 5.39 Å². The SMILES string of the molecule is CCNC(COC(C)(C)C)c1cc2ccccc2o1. The molecule has 2 aromatic rings. The first-order valence-corrected chi connectivity index (χ1v) is 6.85. The van der Waals surface area contributed by atoms with Crippen molar-refractivity contribution in [2.75, 3.05) is 13.2 Å². The van der Waals surface area contributed by atoms with Crippen LogP contribution in [-0.2, 0) is 4.74 Å². The Morgan fingerprint density at radius 3 is 2.63 bits per heavy atom. The van der Waals surface area contributed by atoms with E-state index in [0.29, 0.717) is 6.61 Å².